The van der Waals surface area contributed by atoms with E-state index in [1.807, 2.05) is 6.07 Å². The SMILES string of the molecule is CNC(=O)c1ccsc1NC(=O)Cc1ccc2c(c1)OCO2. The van der Waals surface area contributed by atoms with Gasteiger partial charge in [-0.1, -0.05) is 6.07 Å². The third kappa shape index (κ3) is 2.89. The third-order valence-corrected chi connectivity index (χ3v) is 4.02. The van der Waals surface area contributed by atoms with Crippen molar-refractivity contribution in [1.82, 2.24) is 5.32 Å². The van der Waals surface area contributed by atoms with Crippen LogP contribution in [0.15, 0.2) is 29.6 Å². The summed E-state index contributed by atoms with van der Waals surface area (Å²) in [5.41, 5.74) is 1.28. The highest BCUT2D eigenvalue weighted by Crippen LogP contribution is 2.32. The lowest BCUT2D eigenvalue weighted by molar-refractivity contribution is -0.115. The Bertz CT molecular complexity index is 726. The van der Waals surface area contributed by atoms with Crippen LogP contribution in [0.3, 0.4) is 0 Å². The van der Waals surface area contributed by atoms with Crippen molar-refractivity contribution in [3.63, 3.8) is 0 Å². The first-order valence-electron chi connectivity index (χ1n) is 6.65. The van der Waals surface area contributed by atoms with Gasteiger partial charge in [-0.2, -0.15) is 0 Å². The molecule has 0 saturated heterocycles. The largest absolute Gasteiger partial charge is 0.454 e. The summed E-state index contributed by atoms with van der Waals surface area (Å²) < 4.78 is 10.5. The summed E-state index contributed by atoms with van der Waals surface area (Å²) in [7, 11) is 1.55. The summed E-state index contributed by atoms with van der Waals surface area (Å²) in [5.74, 6) is 0.919. The molecule has 0 radical (unpaired) electrons. The Labute approximate surface area is 131 Å². The summed E-state index contributed by atoms with van der Waals surface area (Å²) in [6.07, 6.45) is 0.196. The fourth-order valence-corrected chi connectivity index (χ4v) is 2.93. The highest BCUT2D eigenvalue weighted by Gasteiger charge is 2.16. The molecule has 6 nitrogen and oxygen atoms in total. The Kier molecular flexibility index (Phi) is 3.97. The first-order valence-corrected chi connectivity index (χ1v) is 7.53. The van der Waals surface area contributed by atoms with E-state index in [4.69, 9.17) is 9.47 Å². The summed E-state index contributed by atoms with van der Waals surface area (Å²) in [6.45, 7) is 0.204. The number of thiophene rings is 1. The molecule has 0 atom stereocenters. The minimum Gasteiger partial charge on any atom is -0.454 e. The van der Waals surface area contributed by atoms with Crippen molar-refractivity contribution in [2.24, 2.45) is 0 Å². The molecule has 1 aromatic heterocycles. The summed E-state index contributed by atoms with van der Waals surface area (Å²) >= 11 is 1.31. The molecular weight excluding hydrogens is 304 g/mol. The quantitative estimate of drug-likeness (QED) is 0.904. The molecule has 0 saturated carbocycles. The molecule has 114 valence electrons. The van der Waals surface area contributed by atoms with Crippen LogP contribution in [0, 0.1) is 0 Å². The molecule has 2 N–H and O–H groups in total. The maximum Gasteiger partial charge on any atom is 0.254 e. The topological polar surface area (TPSA) is 76.7 Å². The fourth-order valence-electron chi connectivity index (χ4n) is 2.13. The van der Waals surface area contributed by atoms with E-state index in [9.17, 15) is 9.59 Å². The van der Waals surface area contributed by atoms with Crippen molar-refractivity contribution in [2.75, 3.05) is 19.2 Å². The number of ether oxygens (including phenoxy) is 2. The van der Waals surface area contributed by atoms with Crippen molar-refractivity contribution < 1.29 is 19.1 Å². The molecule has 7 heteroatoms. The van der Waals surface area contributed by atoms with E-state index in [2.05, 4.69) is 10.6 Å². The van der Waals surface area contributed by atoms with Gasteiger partial charge < -0.3 is 20.1 Å². The van der Waals surface area contributed by atoms with Crippen LogP contribution in [0.25, 0.3) is 0 Å². The van der Waals surface area contributed by atoms with Crippen LogP contribution in [0.5, 0.6) is 11.5 Å². The smallest absolute Gasteiger partial charge is 0.254 e. The van der Waals surface area contributed by atoms with Crippen LogP contribution in [-0.2, 0) is 11.2 Å². The molecule has 2 amide bonds. The monoisotopic (exact) mass is 318 g/mol. The molecule has 0 bridgehead atoms. The number of hydrogen-bond acceptors (Lipinski definition) is 5. The van der Waals surface area contributed by atoms with Crippen LogP contribution < -0.4 is 20.1 Å². The van der Waals surface area contributed by atoms with Gasteiger partial charge in [-0.05, 0) is 29.1 Å². The van der Waals surface area contributed by atoms with Gasteiger partial charge in [0.25, 0.3) is 5.91 Å². The molecule has 0 unspecified atom stereocenters. The second-order valence-corrected chi connectivity index (χ2v) is 5.57. The van der Waals surface area contributed by atoms with E-state index in [1.165, 1.54) is 11.3 Å². The lowest BCUT2D eigenvalue weighted by atomic mass is 10.1. The summed E-state index contributed by atoms with van der Waals surface area (Å²) in [6, 6.07) is 7.07. The first-order chi connectivity index (χ1) is 10.7. The number of anilines is 1. The van der Waals surface area contributed by atoms with Gasteiger partial charge >= 0.3 is 0 Å². The van der Waals surface area contributed by atoms with Gasteiger partial charge in [0.1, 0.15) is 5.00 Å². The third-order valence-electron chi connectivity index (χ3n) is 3.19. The predicted octanol–water partition coefficient (Wildman–Crippen LogP) is 2.02. The predicted molar refractivity (Wildman–Crippen MR) is 82.6 cm³/mol. The molecule has 0 fully saturated rings. The van der Waals surface area contributed by atoms with Crippen LogP contribution >= 0.6 is 11.3 Å². The van der Waals surface area contributed by atoms with E-state index < -0.39 is 0 Å². The van der Waals surface area contributed by atoms with Crippen molar-refractivity contribution in [3.05, 3.63) is 40.8 Å². The van der Waals surface area contributed by atoms with Crippen LogP contribution in [-0.4, -0.2) is 25.7 Å². The molecule has 1 aliphatic rings. The number of carbonyl (C=O) groups excluding carboxylic acids is 2. The molecule has 2 heterocycles. The highest BCUT2D eigenvalue weighted by molar-refractivity contribution is 7.14. The van der Waals surface area contributed by atoms with Crippen molar-refractivity contribution >= 4 is 28.2 Å². The van der Waals surface area contributed by atoms with E-state index in [0.29, 0.717) is 22.1 Å². The number of rotatable bonds is 4. The van der Waals surface area contributed by atoms with E-state index in [1.54, 1.807) is 30.6 Å². The first kappa shape index (κ1) is 14.4. The fraction of sp³-hybridized carbons (Fsp3) is 0.200. The Morgan fingerprint density at radius 3 is 2.86 bits per heavy atom. The molecule has 1 aromatic carbocycles. The molecule has 3 rings (SSSR count). The maximum atomic E-state index is 12.1. The Morgan fingerprint density at radius 2 is 2.05 bits per heavy atom. The van der Waals surface area contributed by atoms with Gasteiger partial charge in [0, 0.05) is 7.05 Å². The van der Waals surface area contributed by atoms with E-state index >= 15 is 0 Å². The normalized spacial score (nSPS) is 12.0. The van der Waals surface area contributed by atoms with Gasteiger partial charge in [-0.25, -0.2) is 0 Å². The second kappa shape index (κ2) is 6.07. The molecule has 1 aliphatic heterocycles. The summed E-state index contributed by atoms with van der Waals surface area (Å²) in [5, 5.41) is 7.62. The minimum absolute atomic E-state index is 0.188. The van der Waals surface area contributed by atoms with Gasteiger partial charge in [-0.3, -0.25) is 9.59 Å². The van der Waals surface area contributed by atoms with Crippen molar-refractivity contribution in [3.8, 4) is 11.5 Å². The van der Waals surface area contributed by atoms with Crippen LogP contribution in [0.1, 0.15) is 15.9 Å². The average molecular weight is 318 g/mol. The van der Waals surface area contributed by atoms with E-state index in [-0.39, 0.29) is 25.0 Å². The molecule has 2 aromatic rings. The van der Waals surface area contributed by atoms with E-state index in [0.717, 1.165) is 5.56 Å². The van der Waals surface area contributed by atoms with Crippen molar-refractivity contribution in [2.45, 2.75) is 6.42 Å². The lowest BCUT2D eigenvalue weighted by Gasteiger charge is -2.06. The van der Waals surface area contributed by atoms with Crippen molar-refractivity contribution in [1.29, 1.82) is 0 Å². The standard InChI is InChI=1S/C15H14N2O4S/c1-16-14(19)10-4-5-22-15(10)17-13(18)7-9-2-3-11-12(6-9)21-8-20-11/h2-6H,7-8H2,1H3,(H,16,19)(H,17,18). The van der Waals surface area contributed by atoms with Gasteiger partial charge in [0.05, 0.1) is 12.0 Å². The molecule has 22 heavy (non-hydrogen) atoms. The molecular formula is C15H14N2O4S. The second-order valence-electron chi connectivity index (χ2n) is 4.66. The molecule has 0 aliphatic carbocycles. The Morgan fingerprint density at radius 1 is 1.23 bits per heavy atom. The van der Waals surface area contributed by atoms with Gasteiger partial charge in [0.2, 0.25) is 12.7 Å². The number of benzene rings is 1. The average Bonchev–Trinajstić information content (AvgIpc) is 3.14. The Hall–Kier alpha value is -2.54. The van der Waals surface area contributed by atoms with Gasteiger partial charge in [-0.15, -0.1) is 11.3 Å². The van der Waals surface area contributed by atoms with Gasteiger partial charge in [0.15, 0.2) is 11.5 Å². The minimum atomic E-state index is -0.223. The highest BCUT2D eigenvalue weighted by atomic mass is 32.1. The number of fused-ring (bicyclic) bond motifs is 1. The maximum absolute atomic E-state index is 12.1. The Balaban J connectivity index is 1.68. The number of hydrogen-bond donors (Lipinski definition) is 2. The molecule has 0 spiro atoms. The summed E-state index contributed by atoms with van der Waals surface area (Å²) in [4.78, 5) is 23.8. The number of nitrogens with one attached hydrogen (secondary N) is 2. The lowest BCUT2D eigenvalue weighted by Crippen LogP contribution is -2.20. The number of amides is 2. The zero-order valence-electron chi connectivity index (χ0n) is 11.8. The number of carbonyl (C=O) groups is 2. The zero-order valence-corrected chi connectivity index (χ0v) is 12.7. The zero-order chi connectivity index (χ0) is 15.5. The van der Waals surface area contributed by atoms with Crippen LogP contribution in [0.4, 0.5) is 5.00 Å². The van der Waals surface area contributed by atoms with Crippen LogP contribution in [0.2, 0.25) is 0 Å².